The molecule has 0 fully saturated rings. The Labute approximate surface area is 173 Å². The summed E-state index contributed by atoms with van der Waals surface area (Å²) in [7, 11) is 1.63. The van der Waals surface area contributed by atoms with E-state index in [1.54, 1.807) is 7.11 Å². The molecule has 5 heteroatoms. The van der Waals surface area contributed by atoms with E-state index in [1.165, 1.54) is 0 Å². The molecule has 0 radical (unpaired) electrons. The highest BCUT2D eigenvalue weighted by atomic mass is 16.5. The zero-order valence-corrected chi connectivity index (χ0v) is 18.2. The molecule has 2 atom stereocenters. The Hall–Kier alpha value is -2.69. The average molecular weight is 398 g/mol. The van der Waals surface area contributed by atoms with Gasteiger partial charge < -0.3 is 19.5 Å². The maximum absolute atomic E-state index is 13.1. The second kappa shape index (κ2) is 8.36. The Morgan fingerprint density at radius 1 is 1.28 bits per heavy atom. The van der Waals surface area contributed by atoms with Gasteiger partial charge in [0.05, 0.1) is 13.2 Å². The standard InChI is InChI=1S/C24H31NO4/c1-7-20(28-21-10-8-9-15(2)16(21)3)23(26)25-19-14-24(4,5)29-22-12-11-17(27-6)13-18(19)22/h8-13,19-20H,7,14H2,1-6H3,(H,25,26)/t19-,20+/m0/s1. The first-order valence-corrected chi connectivity index (χ1v) is 10.1. The highest BCUT2D eigenvalue weighted by Crippen LogP contribution is 2.41. The number of ether oxygens (including phenoxy) is 3. The number of benzene rings is 2. The second-order valence-corrected chi connectivity index (χ2v) is 8.24. The summed E-state index contributed by atoms with van der Waals surface area (Å²) < 4.78 is 17.6. The van der Waals surface area contributed by atoms with E-state index < -0.39 is 6.10 Å². The van der Waals surface area contributed by atoms with Crippen molar-refractivity contribution in [1.29, 1.82) is 0 Å². The van der Waals surface area contributed by atoms with Crippen molar-refractivity contribution in [3.63, 3.8) is 0 Å². The number of nitrogens with one attached hydrogen (secondary N) is 1. The topological polar surface area (TPSA) is 56.8 Å². The third-order valence-electron chi connectivity index (χ3n) is 5.48. The van der Waals surface area contributed by atoms with Crippen LogP contribution in [0.5, 0.6) is 17.2 Å². The van der Waals surface area contributed by atoms with E-state index in [2.05, 4.69) is 5.32 Å². The van der Waals surface area contributed by atoms with Gasteiger partial charge in [-0.05, 0) is 69.5 Å². The van der Waals surface area contributed by atoms with Crippen LogP contribution in [0.15, 0.2) is 36.4 Å². The molecule has 0 spiro atoms. The van der Waals surface area contributed by atoms with Gasteiger partial charge in [-0.2, -0.15) is 0 Å². The summed E-state index contributed by atoms with van der Waals surface area (Å²) in [4.78, 5) is 13.1. The number of aryl methyl sites for hydroxylation is 1. The lowest BCUT2D eigenvalue weighted by atomic mass is 9.89. The van der Waals surface area contributed by atoms with Crippen molar-refractivity contribution in [2.75, 3.05) is 7.11 Å². The van der Waals surface area contributed by atoms with Gasteiger partial charge in [0.1, 0.15) is 22.8 Å². The lowest BCUT2D eigenvalue weighted by Gasteiger charge is -2.38. The van der Waals surface area contributed by atoms with Crippen LogP contribution in [-0.2, 0) is 4.79 Å². The lowest BCUT2D eigenvalue weighted by molar-refractivity contribution is -0.129. The van der Waals surface area contributed by atoms with Gasteiger partial charge in [0, 0.05) is 12.0 Å². The first-order chi connectivity index (χ1) is 13.7. The number of carbonyl (C=O) groups excluding carboxylic acids is 1. The summed E-state index contributed by atoms with van der Waals surface area (Å²) in [5.74, 6) is 2.15. The van der Waals surface area contributed by atoms with Crippen molar-refractivity contribution in [2.24, 2.45) is 0 Å². The van der Waals surface area contributed by atoms with E-state index >= 15 is 0 Å². The molecule has 3 rings (SSSR count). The van der Waals surface area contributed by atoms with Crippen LogP contribution in [0.2, 0.25) is 0 Å². The molecule has 1 N–H and O–H groups in total. The largest absolute Gasteiger partial charge is 0.497 e. The quantitative estimate of drug-likeness (QED) is 0.754. The van der Waals surface area contributed by atoms with E-state index in [0.717, 1.165) is 33.9 Å². The second-order valence-electron chi connectivity index (χ2n) is 8.24. The summed E-state index contributed by atoms with van der Waals surface area (Å²) >= 11 is 0. The average Bonchev–Trinajstić information content (AvgIpc) is 2.68. The molecule has 0 aromatic heterocycles. The molecule has 1 aliphatic heterocycles. The molecule has 0 unspecified atom stereocenters. The minimum Gasteiger partial charge on any atom is -0.497 e. The van der Waals surface area contributed by atoms with Gasteiger partial charge in [-0.15, -0.1) is 0 Å². The molecule has 156 valence electrons. The zero-order chi connectivity index (χ0) is 21.2. The smallest absolute Gasteiger partial charge is 0.261 e. The van der Waals surface area contributed by atoms with Gasteiger partial charge in [0.2, 0.25) is 0 Å². The van der Waals surface area contributed by atoms with Gasteiger partial charge in [-0.25, -0.2) is 0 Å². The molecular formula is C24H31NO4. The number of fused-ring (bicyclic) bond motifs is 1. The first kappa shape index (κ1) is 21.0. The van der Waals surface area contributed by atoms with Gasteiger partial charge >= 0.3 is 0 Å². The third-order valence-corrected chi connectivity index (χ3v) is 5.48. The molecule has 29 heavy (non-hydrogen) atoms. The fourth-order valence-corrected chi connectivity index (χ4v) is 3.68. The van der Waals surface area contributed by atoms with Gasteiger partial charge in [-0.3, -0.25) is 4.79 Å². The summed E-state index contributed by atoms with van der Waals surface area (Å²) in [6.07, 6.45) is 0.686. The Morgan fingerprint density at radius 2 is 2.03 bits per heavy atom. The van der Waals surface area contributed by atoms with Crippen molar-refractivity contribution in [3.05, 3.63) is 53.1 Å². The maximum Gasteiger partial charge on any atom is 0.261 e. The van der Waals surface area contributed by atoms with Gasteiger partial charge in [-0.1, -0.05) is 19.1 Å². The van der Waals surface area contributed by atoms with Crippen LogP contribution >= 0.6 is 0 Å². The minimum atomic E-state index is -0.560. The molecule has 1 aliphatic rings. The molecule has 1 amide bonds. The van der Waals surface area contributed by atoms with Crippen molar-refractivity contribution >= 4 is 5.91 Å². The molecule has 1 heterocycles. The Morgan fingerprint density at radius 3 is 2.72 bits per heavy atom. The van der Waals surface area contributed by atoms with Crippen LogP contribution in [0, 0.1) is 13.8 Å². The zero-order valence-electron chi connectivity index (χ0n) is 18.2. The molecule has 2 aromatic rings. The molecule has 5 nitrogen and oxygen atoms in total. The molecule has 0 saturated carbocycles. The number of carbonyl (C=O) groups is 1. The van der Waals surface area contributed by atoms with Gasteiger partial charge in [0.15, 0.2) is 6.10 Å². The molecular weight excluding hydrogens is 366 g/mol. The van der Waals surface area contributed by atoms with E-state index in [4.69, 9.17) is 14.2 Å². The highest BCUT2D eigenvalue weighted by Gasteiger charge is 2.36. The normalized spacial score (nSPS) is 18.2. The summed E-state index contributed by atoms with van der Waals surface area (Å²) in [6.45, 7) is 10.1. The summed E-state index contributed by atoms with van der Waals surface area (Å²) in [6, 6.07) is 11.4. The van der Waals surface area contributed by atoms with Crippen molar-refractivity contribution in [1.82, 2.24) is 5.32 Å². The van der Waals surface area contributed by atoms with E-state index in [-0.39, 0.29) is 17.6 Å². The van der Waals surface area contributed by atoms with E-state index in [0.29, 0.717) is 12.8 Å². The van der Waals surface area contributed by atoms with Crippen LogP contribution in [-0.4, -0.2) is 24.7 Å². The fraction of sp³-hybridized carbons (Fsp3) is 0.458. The van der Waals surface area contributed by atoms with Crippen molar-refractivity contribution in [3.8, 4) is 17.2 Å². The van der Waals surface area contributed by atoms with Crippen LogP contribution < -0.4 is 19.5 Å². The SMILES string of the molecule is CC[C@@H](Oc1cccc(C)c1C)C(=O)N[C@H]1CC(C)(C)Oc2ccc(OC)cc21. The van der Waals surface area contributed by atoms with E-state index in [1.807, 2.05) is 71.0 Å². The Balaban J connectivity index is 1.82. The predicted octanol–water partition coefficient (Wildman–Crippen LogP) is 4.89. The lowest BCUT2D eigenvalue weighted by Crippen LogP contribution is -2.45. The van der Waals surface area contributed by atoms with Crippen molar-refractivity contribution in [2.45, 2.75) is 65.2 Å². The van der Waals surface area contributed by atoms with Gasteiger partial charge in [0.25, 0.3) is 5.91 Å². The van der Waals surface area contributed by atoms with Crippen LogP contribution in [0.3, 0.4) is 0 Å². The number of rotatable bonds is 6. The molecule has 0 bridgehead atoms. The third kappa shape index (κ3) is 4.66. The fourth-order valence-electron chi connectivity index (χ4n) is 3.68. The predicted molar refractivity (Wildman–Crippen MR) is 114 cm³/mol. The van der Waals surface area contributed by atoms with Crippen LogP contribution in [0.25, 0.3) is 0 Å². The highest BCUT2D eigenvalue weighted by molar-refractivity contribution is 5.81. The Bertz CT molecular complexity index is 890. The molecule has 0 saturated heterocycles. The van der Waals surface area contributed by atoms with Crippen LogP contribution in [0.4, 0.5) is 0 Å². The number of hydrogen-bond acceptors (Lipinski definition) is 4. The molecule has 0 aliphatic carbocycles. The minimum absolute atomic E-state index is 0.120. The first-order valence-electron chi connectivity index (χ1n) is 10.1. The maximum atomic E-state index is 13.1. The number of hydrogen-bond donors (Lipinski definition) is 1. The molecule has 2 aromatic carbocycles. The van der Waals surface area contributed by atoms with Crippen LogP contribution in [0.1, 0.15) is 56.3 Å². The number of amides is 1. The number of methoxy groups -OCH3 is 1. The monoisotopic (exact) mass is 397 g/mol. The summed E-state index contributed by atoms with van der Waals surface area (Å²) in [5.41, 5.74) is 2.75. The summed E-state index contributed by atoms with van der Waals surface area (Å²) in [5, 5.41) is 3.19. The van der Waals surface area contributed by atoms with E-state index in [9.17, 15) is 4.79 Å². The Kier molecular flexibility index (Phi) is 6.06. The van der Waals surface area contributed by atoms with Crippen molar-refractivity contribution < 1.29 is 19.0 Å².